The minimum atomic E-state index is 0.205. The van der Waals surface area contributed by atoms with E-state index < -0.39 is 0 Å². The van der Waals surface area contributed by atoms with Gasteiger partial charge in [-0.1, -0.05) is 11.6 Å². The molecule has 0 saturated carbocycles. The van der Waals surface area contributed by atoms with E-state index in [9.17, 15) is 0 Å². The van der Waals surface area contributed by atoms with E-state index in [1.807, 2.05) is 28.8 Å². The summed E-state index contributed by atoms with van der Waals surface area (Å²) in [5, 5.41) is 0.648. The van der Waals surface area contributed by atoms with E-state index in [2.05, 4.69) is 21.8 Å². The summed E-state index contributed by atoms with van der Waals surface area (Å²) in [5.74, 6) is 1.54. The third-order valence-corrected chi connectivity index (χ3v) is 4.13. The van der Waals surface area contributed by atoms with Crippen LogP contribution in [0.25, 0.3) is 17.2 Å². The second-order valence-corrected chi connectivity index (χ2v) is 6.02. The van der Waals surface area contributed by atoms with Crippen LogP contribution in [0.15, 0.2) is 36.8 Å². The van der Waals surface area contributed by atoms with Crippen LogP contribution >= 0.6 is 11.6 Å². The van der Waals surface area contributed by atoms with Gasteiger partial charge < -0.3 is 9.64 Å². The van der Waals surface area contributed by atoms with Crippen molar-refractivity contribution in [3.63, 3.8) is 0 Å². The molecule has 0 aromatic carbocycles. The Labute approximate surface area is 138 Å². The quantitative estimate of drug-likeness (QED) is 0.723. The predicted molar refractivity (Wildman–Crippen MR) is 88.9 cm³/mol. The summed E-state index contributed by atoms with van der Waals surface area (Å²) in [6.45, 7) is 4.45. The fourth-order valence-corrected chi connectivity index (χ4v) is 2.96. The number of pyridine rings is 1. The summed E-state index contributed by atoms with van der Waals surface area (Å²) < 4.78 is 7.50. The molecule has 0 spiro atoms. The van der Waals surface area contributed by atoms with Gasteiger partial charge in [0.1, 0.15) is 17.2 Å². The molecule has 7 heteroatoms. The molecular formula is C16H16ClN5O. The summed E-state index contributed by atoms with van der Waals surface area (Å²) in [7, 11) is 0. The van der Waals surface area contributed by atoms with Crippen molar-refractivity contribution in [3.05, 3.63) is 41.8 Å². The summed E-state index contributed by atoms with van der Waals surface area (Å²) in [4.78, 5) is 15.7. The van der Waals surface area contributed by atoms with Crippen molar-refractivity contribution >= 4 is 23.1 Å². The van der Waals surface area contributed by atoms with Crippen molar-refractivity contribution in [1.82, 2.24) is 19.4 Å². The molecule has 6 nitrogen and oxygen atoms in total. The molecule has 1 aliphatic rings. The molecule has 4 rings (SSSR count). The van der Waals surface area contributed by atoms with Crippen LogP contribution in [-0.2, 0) is 4.74 Å². The van der Waals surface area contributed by atoms with Crippen LogP contribution in [0.5, 0.6) is 0 Å². The number of hydrogen-bond donors (Lipinski definition) is 0. The Hall–Kier alpha value is -2.18. The fourth-order valence-electron chi connectivity index (χ4n) is 2.80. The van der Waals surface area contributed by atoms with Gasteiger partial charge in [-0.2, -0.15) is 0 Å². The zero-order chi connectivity index (χ0) is 15.8. The molecule has 0 bridgehead atoms. The molecule has 118 valence electrons. The van der Waals surface area contributed by atoms with E-state index in [1.165, 1.54) is 0 Å². The summed E-state index contributed by atoms with van der Waals surface area (Å²) >= 11 is 6.09. The van der Waals surface area contributed by atoms with Crippen LogP contribution in [0.4, 0.5) is 5.82 Å². The third kappa shape index (κ3) is 2.75. The molecule has 0 N–H and O–H groups in total. The monoisotopic (exact) mass is 329 g/mol. The number of ether oxygens (including phenoxy) is 1. The van der Waals surface area contributed by atoms with Crippen LogP contribution in [0.1, 0.15) is 6.92 Å². The third-order valence-electron chi connectivity index (χ3n) is 3.90. The van der Waals surface area contributed by atoms with Gasteiger partial charge in [0.2, 0.25) is 0 Å². The maximum atomic E-state index is 6.09. The van der Waals surface area contributed by atoms with Crippen LogP contribution in [0.2, 0.25) is 5.02 Å². The highest BCUT2D eigenvalue weighted by atomic mass is 35.5. The number of rotatable bonds is 2. The first-order valence-electron chi connectivity index (χ1n) is 7.53. The number of hydrogen-bond acceptors (Lipinski definition) is 5. The molecule has 3 aromatic heterocycles. The SMILES string of the molecule is C[C@H]1CN(c2ccnc(-c3cnc4ccc(Cl)cn34)n2)CCO1. The molecule has 0 radical (unpaired) electrons. The van der Waals surface area contributed by atoms with Crippen molar-refractivity contribution in [2.75, 3.05) is 24.6 Å². The standard InChI is InChI=1S/C16H16ClN5O/c1-11-9-21(6-7-23-11)15-4-5-18-16(20-15)13-8-19-14-3-2-12(17)10-22(13)14/h2-5,8,10-11H,6-7,9H2,1H3/t11-/m0/s1. The summed E-state index contributed by atoms with van der Waals surface area (Å²) in [5.41, 5.74) is 1.64. The first-order valence-corrected chi connectivity index (χ1v) is 7.91. The maximum absolute atomic E-state index is 6.09. The van der Waals surface area contributed by atoms with Crippen LogP contribution in [0, 0.1) is 0 Å². The van der Waals surface area contributed by atoms with Gasteiger partial charge in [0.15, 0.2) is 5.82 Å². The average molecular weight is 330 g/mol. The lowest BCUT2D eigenvalue weighted by Gasteiger charge is -2.32. The van der Waals surface area contributed by atoms with Gasteiger partial charge in [-0.15, -0.1) is 0 Å². The molecule has 1 aliphatic heterocycles. The Bertz CT molecular complexity index is 849. The van der Waals surface area contributed by atoms with E-state index in [-0.39, 0.29) is 6.10 Å². The molecule has 0 amide bonds. The highest BCUT2D eigenvalue weighted by Gasteiger charge is 2.19. The van der Waals surface area contributed by atoms with Gasteiger partial charge in [-0.05, 0) is 25.1 Å². The maximum Gasteiger partial charge on any atom is 0.180 e. The Balaban J connectivity index is 1.74. The van der Waals surface area contributed by atoms with Crippen LogP contribution in [0.3, 0.4) is 0 Å². The Kier molecular flexibility index (Phi) is 3.63. The lowest BCUT2D eigenvalue weighted by molar-refractivity contribution is 0.0529. The Morgan fingerprint density at radius 2 is 2.17 bits per heavy atom. The number of halogens is 1. The van der Waals surface area contributed by atoms with Gasteiger partial charge in [-0.25, -0.2) is 15.0 Å². The largest absolute Gasteiger partial charge is 0.375 e. The predicted octanol–water partition coefficient (Wildman–Crippen LogP) is 2.67. The van der Waals surface area contributed by atoms with E-state index in [1.54, 1.807) is 12.4 Å². The average Bonchev–Trinajstić information content (AvgIpc) is 2.98. The molecular weight excluding hydrogens is 314 g/mol. The van der Waals surface area contributed by atoms with Crippen molar-refractivity contribution in [1.29, 1.82) is 0 Å². The fraction of sp³-hybridized carbons (Fsp3) is 0.312. The molecule has 23 heavy (non-hydrogen) atoms. The number of aromatic nitrogens is 4. The van der Waals surface area contributed by atoms with Crippen LogP contribution in [-0.4, -0.2) is 45.2 Å². The lowest BCUT2D eigenvalue weighted by atomic mass is 10.3. The zero-order valence-corrected chi connectivity index (χ0v) is 13.4. The minimum Gasteiger partial charge on any atom is -0.375 e. The zero-order valence-electron chi connectivity index (χ0n) is 12.7. The second-order valence-electron chi connectivity index (χ2n) is 5.58. The minimum absolute atomic E-state index is 0.205. The van der Waals surface area contributed by atoms with Crippen molar-refractivity contribution in [2.24, 2.45) is 0 Å². The van der Waals surface area contributed by atoms with Crippen molar-refractivity contribution in [3.8, 4) is 11.5 Å². The smallest absolute Gasteiger partial charge is 0.180 e. The number of morpholine rings is 1. The normalized spacial score (nSPS) is 18.5. The molecule has 3 aromatic rings. The van der Waals surface area contributed by atoms with Crippen molar-refractivity contribution < 1.29 is 4.74 Å². The molecule has 0 unspecified atom stereocenters. The molecule has 4 heterocycles. The van der Waals surface area contributed by atoms with Gasteiger partial charge in [-0.3, -0.25) is 4.40 Å². The number of nitrogens with zero attached hydrogens (tertiary/aromatic N) is 5. The Morgan fingerprint density at radius 1 is 1.26 bits per heavy atom. The molecule has 1 fully saturated rings. The van der Waals surface area contributed by atoms with Gasteiger partial charge in [0, 0.05) is 25.5 Å². The Morgan fingerprint density at radius 3 is 3.04 bits per heavy atom. The first-order chi connectivity index (χ1) is 11.2. The molecule has 1 atom stereocenters. The van der Waals surface area contributed by atoms with E-state index in [0.29, 0.717) is 17.5 Å². The van der Waals surface area contributed by atoms with E-state index in [4.69, 9.17) is 21.3 Å². The van der Waals surface area contributed by atoms with Crippen LogP contribution < -0.4 is 4.90 Å². The highest BCUT2D eigenvalue weighted by Crippen LogP contribution is 2.22. The first kappa shape index (κ1) is 14.4. The van der Waals surface area contributed by atoms with Gasteiger partial charge >= 0.3 is 0 Å². The van der Waals surface area contributed by atoms with Crippen molar-refractivity contribution in [2.45, 2.75) is 13.0 Å². The highest BCUT2D eigenvalue weighted by molar-refractivity contribution is 6.30. The molecule has 0 aliphatic carbocycles. The number of fused-ring (bicyclic) bond motifs is 1. The van der Waals surface area contributed by atoms with Gasteiger partial charge in [0.25, 0.3) is 0 Å². The summed E-state index contributed by atoms with van der Waals surface area (Å²) in [6.07, 6.45) is 5.58. The summed E-state index contributed by atoms with van der Waals surface area (Å²) in [6, 6.07) is 5.62. The number of anilines is 1. The number of imidazole rings is 1. The van der Waals surface area contributed by atoms with Gasteiger partial charge in [0.05, 0.1) is 23.9 Å². The van der Waals surface area contributed by atoms with E-state index in [0.717, 1.165) is 30.2 Å². The van der Waals surface area contributed by atoms with E-state index >= 15 is 0 Å². The molecule has 1 saturated heterocycles. The second kappa shape index (κ2) is 5.79. The topological polar surface area (TPSA) is 55.6 Å². The lowest BCUT2D eigenvalue weighted by Crippen LogP contribution is -2.41.